The molecule has 1 N–H and O–H groups in total. The van der Waals surface area contributed by atoms with Crippen LogP contribution in [0.15, 0.2) is 53.3 Å². The number of nitrogens with one attached hydrogen (secondary N) is 1. The first-order chi connectivity index (χ1) is 10.7. The number of hydrogen-bond donors (Lipinski definition) is 1. The molecular weight excluding hydrogens is 342 g/mol. The van der Waals surface area contributed by atoms with E-state index in [1.54, 1.807) is 6.33 Å². The second-order valence-corrected chi connectivity index (χ2v) is 5.92. The minimum Gasteiger partial charge on any atom is -0.337 e. The van der Waals surface area contributed by atoms with Gasteiger partial charge in [0.05, 0.1) is 11.0 Å². The predicted octanol–water partition coefficient (Wildman–Crippen LogP) is 4.09. The largest absolute Gasteiger partial charge is 0.337 e. The number of aryl methyl sites for hydroxylation is 1. The molecule has 2 aromatic carbocycles. The quantitative estimate of drug-likeness (QED) is 0.589. The van der Waals surface area contributed by atoms with Crippen LogP contribution in [0.5, 0.6) is 0 Å². The van der Waals surface area contributed by atoms with E-state index >= 15 is 0 Å². The summed E-state index contributed by atoms with van der Waals surface area (Å²) in [6.45, 7) is 2.05. The zero-order valence-electron chi connectivity index (χ0n) is 11.8. The van der Waals surface area contributed by atoms with Crippen molar-refractivity contribution >= 4 is 44.1 Å². The molecule has 2 aromatic heterocycles. The minimum absolute atomic E-state index is 0.693. The Labute approximate surface area is 135 Å². The molecule has 0 unspecified atom stereocenters. The summed E-state index contributed by atoms with van der Waals surface area (Å²) in [6, 6.07) is 14.0. The smallest absolute Gasteiger partial charge is 0.204 e. The third-order valence-corrected chi connectivity index (χ3v) is 4.44. The highest BCUT2D eigenvalue weighted by molar-refractivity contribution is 9.10. The monoisotopic (exact) mass is 353 g/mol. The number of halogens is 1. The van der Waals surface area contributed by atoms with E-state index in [1.165, 1.54) is 0 Å². The van der Waals surface area contributed by atoms with E-state index in [2.05, 4.69) is 49.4 Å². The molecule has 0 spiro atoms. The molecule has 0 saturated carbocycles. The van der Waals surface area contributed by atoms with Crippen molar-refractivity contribution in [1.82, 2.24) is 19.6 Å². The summed E-state index contributed by atoms with van der Waals surface area (Å²) in [5, 5.41) is 11.5. The summed E-state index contributed by atoms with van der Waals surface area (Å²) < 4.78 is 3.02. The second kappa shape index (κ2) is 5.06. The molecule has 2 heterocycles. The summed E-state index contributed by atoms with van der Waals surface area (Å²) in [5.41, 5.74) is 4.71. The first-order valence-corrected chi connectivity index (χ1v) is 7.63. The first kappa shape index (κ1) is 13.2. The molecule has 0 saturated heterocycles. The van der Waals surface area contributed by atoms with Crippen molar-refractivity contribution in [3.8, 4) is 0 Å². The number of benzene rings is 2. The Kier molecular flexibility index (Phi) is 3.04. The van der Waals surface area contributed by atoms with E-state index in [9.17, 15) is 0 Å². The third kappa shape index (κ3) is 2.12. The SMILES string of the molecule is Cc1cc(Nc2nc3ccccc3n3cnnc23)ccc1Br. The zero-order valence-corrected chi connectivity index (χ0v) is 13.4. The number of hydrogen-bond acceptors (Lipinski definition) is 4. The molecule has 0 amide bonds. The maximum absolute atomic E-state index is 4.68. The molecule has 4 aromatic rings. The number of fused-ring (bicyclic) bond motifs is 3. The third-order valence-electron chi connectivity index (χ3n) is 3.55. The van der Waals surface area contributed by atoms with Gasteiger partial charge in [-0.1, -0.05) is 28.1 Å². The van der Waals surface area contributed by atoms with Gasteiger partial charge in [0.25, 0.3) is 0 Å². The van der Waals surface area contributed by atoms with Crippen molar-refractivity contribution in [2.75, 3.05) is 5.32 Å². The van der Waals surface area contributed by atoms with Crippen molar-refractivity contribution in [2.45, 2.75) is 6.92 Å². The summed E-state index contributed by atoms with van der Waals surface area (Å²) in [7, 11) is 0. The first-order valence-electron chi connectivity index (χ1n) is 6.84. The van der Waals surface area contributed by atoms with Crippen molar-refractivity contribution in [3.05, 3.63) is 58.8 Å². The number of rotatable bonds is 2. The molecular formula is C16H12BrN5. The lowest BCUT2D eigenvalue weighted by Crippen LogP contribution is -2.00. The van der Waals surface area contributed by atoms with Gasteiger partial charge in [0, 0.05) is 10.2 Å². The van der Waals surface area contributed by atoms with Gasteiger partial charge >= 0.3 is 0 Å². The standard InChI is InChI=1S/C16H12BrN5/c1-10-8-11(6-7-12(10)17)19-15-16-21-18-9-22(16)14-5-3-2-4-13(14)20-15/h2-9H,1H3,(H,19,20). The van der Waals surface area contributed by atoms with Gasteiger partial charge in [-0.3, -0.25) is 4.40 Å². The lowest BCUT2D eigenvalue weighted by Gasteiger charge is -2.10. The Morgan fingerprint density at radius 1 is 1.14 bits per heavy atom. The van der Waals surface area contributed by atoms with Gasteiger partial charge in [-0.15, -0.1) is 10.2 Å². The van der Waals surface area contributed by atoms with E-state index in [0.717, 1.165) is 26.8 Å². The lowest BCUT2D eigenvalue weighted by molar-refractivity contribution is 1.11. The molecule has 0 aliphatic carbocycles. The van der Waals surface area contributed by atoms with Gasteiger partial charge in [-0.05, 0) is 42.8 Å². The zero-order chi connectivity index (χ0) is 15.1. The number of para-hydroxylation sites is 2. The van der Waals surface area contributed by atoms with Crippen molar-refractivity contribution in [3.63, 3.8) is 0 Å². The Morgan fingerprint density at radius 3 is 2.86 bits per heavy atom. The molecule has 0 bridgehead atoms. The van der Waals surface area contributed by atoms with Crippen LogP contribution in [0.4, 0.5) is 11.5 Å². The molecule has 0 aliphatic rings. The van der Waals surface area contributed by atoms with Crippen LogP contribution >= 0.6 is 15.9 Å². The second-order valence-electron chi connectivity index (χ2n) is 5.06. The van der Waals surface area contributed by atoms with Crippen LogP contribution in [0.2, 0.25) is 0 Å². The normalized spacial score (nSPS) is 11.2. The molecule has 108 valence electrons. The van der Waals surface area contributed by atoms with Crippen LogP contribution in [0.3, 0.4) is 0 Å². The molecule has 4 rings (SSSR count). The maximum atomic E-state index is 4.68. The number of anilines is 2. The molecule has 5 nitrogen and oxygen atoms in total. The van der Waals surface area contributed by atoms with Gasteiger partial charge in [-0.25, -0.2) is 4.98 Å². The summed E-state index contributed by atoms with van der Waals surface area (Å²) in [6.07, 6.45) is 1.71. The average molecular weight is 354 g/mol. The van der Waals surface area contributed by atoms with E-state index in [0.29, 0.717) is 11.5 Å². The minimum atomic E-state index is 0.693. The van der Waals surface area contributed by atoms with E-state index in [-0.39, 0.29) is 0 Å². The van der Waals surface area contributed by atoms with Gasteiger partial charge in [0.15, 0.2) is 5.82 Å². The highest BCUT2D eigenvalue weighted by atomic mass is 79.9. The van der Waals surface area contributed by atoms with Crippen LogP contribution < -0.4 is 5.32 Å². The summed E-state index contributed by atoms with van der Waals surface area (Å²) >= 11 is 3.51. The Morgan fingerprint density at radius 2 is 2.00 bits per heavy atom. The van der Waals surface area contributed by atoms with Crippen LogP contribution in [-0.4, -0.2) is 19.6 Å². The molecule has 0 fully saturated rings. The number of aromatic nitrogens is 4. The summed E-state index contributed by atoms with van der Waals surface area (Å²) in [4.78, 5) is 4.68. The van der Waals surface area contributed by atoms with Crippen molar-refractivity contribution in [2.24, 2.45) is 0 Å². The van der Waals surface area contributed by atoms with Gasteiger partial charge in [-0.2, -0.15) is 0 Å². The molecule has 0 atom stereocenters. The van der Waals surface area contributed by atoms with Crippen LogP contribution in [0.25, 0.3) is 16.7 Å². The molecule has 0 aliphatic heterocycles. The van der Waals surface area contributed by atoms with E-state index in [1.807, 2.05) is 40.8 Å². The van der Waals surface area contributed by atoms with E-state index < -0.39 is 0 Å². The Hall–Kier alpha value is -2.47. The Balaban J connectivity index is 1.89. The van der Waals surface area contributed by atoms with Gasteiger partial charge < -0.3 is 5.32 Å². The number of nitrogens with zero attached hydrogens (tertiary/aromatic N) is 4. The molecule has 6 heteroatoms. The van der Waals surface area contributed by atoms with E-state index in [4.69, 9.17) is 0 Å². The average Bonchev–Trinajstić information content (AvgIpc) is 3.01. The molecule has 22 heavy (non-hydrogen) atoms. The highest BCUT2D eigenvalue weighted by Gasteiger charge is 2.10. The van der Waals surface area contributed by atoms with Gasteiger partial charge in [0.2, 0.25) is 5.65 Å². The lowest BCUT2D eigenvalue weighted by atomic mass is 10.2. The topological polar surface area (TPSA) is 55.1 Å². The van der Waals surface area contributed by atoms with Crippen molar-refractivity contribution < 1.29 is 0 Å². The van der Waals surface area contributed by atoms with Crippen LogP contribution in [-0.2, 0) is 0 Å². The fourth-order valence-electron chi connectivity index (χ4n) is 2.45. The van der Waals surface area contributed by atoms with Crippen LogP contribution in [0, 0.1) is 6.92 Å². The predicted molar refractivity (Wildman–Crippen MR) is 90.4 cm³/mol. The maximum Gasteiger partial charge on any atom is 0.204 e. The fraction of sp³-hybridized carbons (Fsp3) is 0.0625. The fourth-order valence-corrected chi connectivity index (χ4v) is 2.70. The molecule has 0 radical (unpaired) electrons. The van der Waals surface area contributed by atoms with Gasteiger partial charge in [0.1, 0.15) is 6.33 Å². The van der Waals surface area contributed by atoms with Crippen molar-refractivity contribution in [1.29, 1.82) is 0 Å². The summed E-state index contributed by atoms with van der Waals surface area (Å²) in [5.74, 6) is 0.693. The Bertz CT molecular complexity index is 992. The highest BCUT2D eigenvalue weighted by Crippen LogP contribution is 2.25. The van der Waals surface area contributed by atoms with Crippen LogP contribution in [0.1, 0.15) is 5.56 Å².